The average Bonchev–Trinajstić information content (AvgIpc) is 2.31. The van der Waals surface area contributed by atoms with Crippen LogP contribution in [-0.2, 0) is 15.0 Å². The molecule has 0 saturated heterocycles. The average molecular weight is 291 g/mol. The Balaban J connectivity index is 5.26. The van der Waals surface area contributed by atoms with E-state index in [1.54, 1.807) is 27.7 Å². The van der Waals surface area contributed by atoms with Crippen molar-refractivity contribution in [3.05, 3.63) is 0 Å². The monoisotopic (exact) mass is 291 g/mol. The molecule has 0 aliphatic heterocycles. The van der Waals surface area contributed by atoms with E-state index in [0.29, 0.717) is 0 Å². The van der Waals surface area contributed by atoms with E-state index < -0.39 is 34.7 Å². The van der Waals surface area contributed by atoms with Crippen LogP contribution in [0, 0.1) is 17.2 Å². The Bertz CT molecular complexity index is 441. The molecule has 0 fully saturated rings. The lowest BCUT2D eigenvalue weighted by atomic mass is 10.2. The summed E-state index contributed by atoms with van der Waals surface area (Å²) in [6.45, 7) is 6.16. The fraction of sp³-hybridized carbons (Fsp3) is 0.818. The van der Waals surface area contributed by atoms with Crippen molar-refractivity contribution < 1.29 is 18.3 Å². The van der Waals surface area contributed by atoms with Gasteiger partial charge in [-0.25, -0.2) is 0 Å². The molecule has 1 atom stereocenters. The topological polar surface area (TPSA) is 102 Å². The quantitative estimate of drug-likeness (QED) is 0.702. The molecular formula is C11H21N3O4S. The second kappa shape index (κ2) is 7.43. The maximum absolute atomic E-state index is 12.4. The molecule has 8 heteroatoms. The smallest absolute Gasteiger partial charge is 0.318 e. The number of carboxylic acids is 1. The fourth-order valence-electron chi connectivity index (χ4n) is 1.54. The lowest BCUT2D eigenvalue weighted by Gasteiger charge is -2.31. The van der Waals surface area contributed by atoms with Crippen molar-refractivity contribution in [1.29, 1.82) is 5.26 Å². The van der Waals surface area contributed by atoms with Crippen LogP contribution in [0.25, 0.3) is 0 Å². The van der Waals surface area contributed by atoms with Gasteiger partial charge in [-0.3, -0.25) is 4.79 Å². The Morgan fingerprint density at radius 1 is 1.37 bits per heavy atom. The van der Waals surface area contributed by atoms with Crippen LogP contribution in [0.1, 0.15) is 27.7 Å². The van der Waals surface area contributed by atoms with Crippen molar-refractivity contribution in [1.82, 2.24) is 8.61 Å². The molecule has 0 aromatic heterocycles. The molecule has 0 spiro atoms. The third kappa shape index (κ3) is 5.14. The van der Waals surface area contributed by atoms with Crippen LogP contribution >= 0.6 is 0 Å². The van der Waals surface area contributed by atoms with Crippen LogP contribution in [0.2, 0.25) is 0 Å². The first-order valence-electron chi connectivity index (χ1n) is 6.05. The molecule has 1 unspecified atom stereocenters. The van der Waals surface area contributed by atoms with E-state index in [1.807, 2.05) is 6.07 Å². The number of nitrogens with zero attached hydrogens (tertiary/aromatic N) is 3. The zero-order chi connectivity index (χ0) is 15.2. The maximum Gasteiger partial charge on any atom is 0.318 e. The van der Waals surface area contributed by atoms with E-state index >= 15 is 0 Å². The predicted octanol–water partition coefficient (Wildman–Crippen LogP) is 0.508. The summed E-state index contributed by atoms with van der Waals surface area (Å²) >= 11 is 0. The Morgan fingerprint density at radius 2 is 1.89 bits per heavy atom. The molecule has 0 aliphatic carbocycles. The summed E-state index contributed by atoms with van der Waals surface area (Å²) in [7, 11) is -3.88. The lowest BCUT2D eigenvalue weighted by molar-refractivity contribution is -0.137. The van der Waals surface area contributed by atoms with Crippen molar-refractivity contribution in [2.24, 2.45) is 5.92 Å². The summed E-state index contributed by atoms with van der Waals surface area (Å²) < 4.78 is 26.8. The van der Waals surface area contributed by atoms with Crippen LogP contribution in [0.4, 0.5) is 0 Å². The minimum atomic E-state index is -3.88. The van der Waals surface area contributed by atoms with E-state index in [-0.39, 0.29) is 13.1 Å². The van der Waals surface area contributed by atoms with Crippen molar-refractivity contribution in [2.75, 3.05) is 19.6 Å². The lowest BCUT2D eigenvalue weighted by Crippen LogP contribution is -2.49. The molecule has 0 aromatic carbocycles. The second-order valence-corrected chi connectivity index (χ2v) is 6.40. The van der Waals surface area contributed by atoms with Crippen molar-refractivity contribution in [3.63, 3.8) is 0 Å². The summed E-state index contributed by atoms with van der Waals surface area (Å²) in [4.78, 5) is 10.8. The SMILES string of the molecule is CCN(CC(C)C#N)S(=O)(=O)N(CC(=O)O)C(C)C. The van der Waals surface area contributed by atoms with Gasteiger partial charge in [-0.1, -0.05) is 6.92 Å². The third-order valence-corrected chi connectivity index (χ3v) is 4.74. The summed E-state index contributed by atoms with van der Waals surface area (Å²) in [6, 6.07) is 1.50. The zero-order valence-corrected chi connectivity index (χ0v) is 12.5. The predicted molar refractivity (Wildman–Crippen MR) is 70.4 cm³/mol. The van der Waals surface area contributed by atoms with Gasteiger partial charge in [0, 0.05) is 19.1 Å². The number of nitriles is 1. The Hall–Kier alpha value is -1.17. The van der Waals surface area contributed by atoms with Crippen LogP contribution in [0.3, 0.4) is 0 Å². The van der Waals surface area contributed by atoms with Crippen molar-refractivity contribution in [2.45, 2.75) is 33.7 Å². The largest absolute Gasteiger partial charge is 0.480 e. The van der Waals surface area contributed by atoms with Crippen molar-refractivity contribution in [3.8, 4) is 6.07 Å². The minimum Gasteiger partial charge on any atom is -0.480 e. The molecule has 19 heavy (non-hydrogen) atoms. The number of hydrogen-bond donors (Lipinski definition) is 1. The van der Waals surface area contributed by atoms with E-state index in [0.717, 1.165) is 8.61 Å². The molecular weight excluding hydrogens is 270 g/mol. The molecule has 0 rings (SSSR count). The maximum atomic E-state index is 12.4. The summed E-state index contributed by atoms with van der Waals surface area (Å²) in [5.74, 6) is -1.66. The van der Waals surface area contributed by atoms with E-state index in [9.17, 15) is 13.2 Å². The molecule has 0 bridgehead atoms. The normalized spacial score (nSPS) is 13.8. The molecule has 0 amide bonds. The highest BCUT2D eigenvalue weighted by Crippen LogP contribution is 2.14. The molecule has 7 nitrogen and oxygen atoms in total. The van der Waals surface area contributed by atoms with Gasteiger partial charge < -0.3 is 5.11 Å². The molecule has 0 aromatic rings. The summed E-state index contributed by atoms with van der Waals surface area (Å²) in [6.07, 6.45) is 0. The van der Waals surface area contributed by atoms with Gasteiger partial charge in [0.05, 0.1) is 12.0 Å². The number of hydrogen-bond acceptors (Lipinski definition) is 4. The number of rotatable bonds is 8. The summed E-state index contributed by atoms with van der Waals surface area (Å²) in [5, 5.41) is 17.6. The Morgan fingerprint density at radius 3 is 2.21 bits per heavy atom. The van der Waals surface area contributed by atoms with Gasteiger partial charge in [-0.2, -0.15) is 22.3 Å². The standard InChI is InChI=1S/C11H21N3O4S/c1-5-13(7-10(4)6-12)19(17,18)14(9(2)3)8-11(15)16/h9-10H,5,7-8H2,1-4H3,(H,15,16). The van der Waals surface area contributed by atoms with Crippen LogP contribution in [-0.4, -0.2) is 53.8 Å². The highest BCUT2D eigenvalue weighted by molar-refractivity contribution is 7.86. The number of carboxylic acid groups (broad SMARTS) is 1. The number of carbonyl (C=O) groups is 1. The Labute approximate surface area is 114 Å². The van der Waals surface area contributed by atoms with Gasteiger partial charge in [-0.15, -0.1) is 0 Å². The first kappa shape index (κ1) is 17.8. The van der Waals surface area contributed by atoms with Crippen LogP contribution < -0.4 is 0 Å². The number of aliphatic carboxylic acids is 1. The third-order valence-electron chi connectivity index (χ3n) is 2.54. The van der Waals surface area contributed by atoms with E-state index in [1.165, 1.54) is 0 Å². The molecule has 0 radical (unpaired) electrons. The van der Waals surface area contributed by atoms with Gasteiger partial charge >= 0.3 is 5.97 Å². The van der Waals surface area contributed by atoms with E-state index in [4.69, 9.17) is 10.4 Å². The van der Waals surface area contributed by atoms with Gasteiger partial charge in [0.1, 0.15) is 6.54 Å². The van der Waals surface area contributed by atoms with Gasteiger partial charge in [0.25, 0.3) is 10.2 Å². The van der Waals surface area contributed by atoms with Crippen molar-refractivity contribution >= 4 is 16.2 Å². The highest BCUT2D eigenvalue weighted by atomic mass is 32.2. The zero-order valence-electron chi connectivity index (χ0n) is 11.7. The van der Waals surface area contributed by atoms with Gasteiger partial charge in [0.15, 0.2) is 0 Å². The fourth-order valence-corrected chi connectivity index (χ4v) is 3.39. The molecule has 0 saturated carbocycles. The molecule has 0 aliphatic rings. The van der Waals surface area contributed by atoms with E-state index in [2.05, 4.69) is 0 Å². The molecule has 0 heterocycles. The van der Waals surface area contributed by atoms with Crippen LogP contribution in [0.5, 0.6) is 0 Å². The van der Waals surface area contributed by atoms with Crippen LogP contribution in [0.15, 0.2) is 0 Å². The molecule has 110 valence electrons. The van der Waals surface area contributed by atoms with Gasteiger partial charge in [-0.05, 0) is 20.8 Å². The first-order valence-corrected chi connectivity index (χ1v) is 7.44. The first-order chi connectivity index (χ1) is 8.66. The Kier molecular flexibility index (Phi) is 6.97. The summed E-state index contributed by atoms with van der Waals surface area (Å²) in [5.41, 5.74) is 0. The minimum absolute atomic E-state index is 0.0537. The van der Waals surface area contributed by atoms with Gasteiger partial charge in [0.2, 0.25) is 0 Å². The highest BCUT2D eigenvalue weighted by Gasteiger charge is 2.32. The second-order valence-electron chi connectivity index (χ2n) is 4.52. The molecule has 1 N–H and O–H groups in total.